The molecule has 1 fully saturated rings. The molecule has 1 saturated heterocycles. The van der Waals surface area contributed by atoms with Crippen molar-refractivity contribution in [1.82, 2.24) is 9.88 Å². The summed E-state index contributed by atoms with van der Waals surface area (Å²) in [5.41, 5.74) is 1.09. The molecule has 0 aliphatic carbocycles. The summed E-state index contributed by atoms with van der Waals surface area (Å²) in [7, 11) is 0. The third-order valence-electron chi connectivity index (χ3n) is 3.11. The van der Waals surface area contributed by atoms with Gasteiger partial charge in [-0.2, -0.15) is 0 Å². The lowest BCUT2D eigenvalue weighted by Crippen LogP contribution is -2.35. The van der Waals surface area contributed by atoms with E-state index in [1.807, 2.05) is 0 Å². The average molecular weight is 298 g/mol. The molecule has 1 aromatic rings. The number of carbonyl (C=O) groups excluding carboxylic acids is 1. The lowest BCUT2D eigenvalue weighted by molar-refractivity contribution is -0.141. The molecule has 0 spiro atoms. The molecule has 2 rings (SSSR count). The molecule has 0 radical (unpaired) electrons. The maximum absolute atomic E-state index is 12.0. The molecule has 0 saturated carbocycles. The van der Waals surface area contributed by atoms with Gasteiger partial charge < -0.3 is 14.7 Å². The van der Waals surface area contributed by atoms with Gasteiger partial charge >= 0.3 is 12.1 Å². The maximum atomic E-state index is 12.0. The van der Waals surface area contributed by atoms with Crippen LogP contribution < -0.4 is 0 Å². The SMILES string of the molecule is CC(C)(C)OC(=O)N1CC(C(=O)O)C(c2cncs2)C1. The number of hydrogen-bond acceptors (Lipinski definition) is 5. The lowest BCUT2D eigenvalue weighted by Gasteiger charge is -2.24. The first-order valence-electron chi connectivity index (χ1n) is 6.37. The first kappa shape index (κ1) is 14.8. The number of ether oxygens (including phenoxy) is 1. The Kier molecular flexibility index (Phi) is 3.99. The van der Waals surface area contributed by atoms with Gasteiger partial charge in [0, 0.05) is 30.1 Å². The van der Waals surface area contributed by atoms with Crippen molar-refractivity contribution >= 4 is 23.4 Å². The first-order chi connectivity index (χ1) is 9.28. The average Bonchev–Trinajstić information content (AvgIpc) is 2.95. The van der Waals surface area contributed by atoms with E-state index in [9.17, 15) is 14.7 Å². The molecule has 6 nitrogen and oxygen atoms in total. The maximum Gasteiger partial charge on any atom is 0.410 e. The smallest absolute Gasteiger partial charge is 0.410 e. The van der Waals surface area contributed by atoms with E-state index in [1.54, 1.807) is 32.5 Å². The van der Waals surface area contributed by atoms with Crippen LogP contribution in [0.2, 0.25) is 0 Å². The number of aromatic nitrogens is 1. The molecule has 0 bridgehead atoms. The van der Waals surface area contributed by atoms with E-state index in [2.05, 4.69) is 4.98 Å². The van der Waals surface area contributed by atoms with Gasteiger partial charge in [-0.1, -0.05) is 0 Å². The standard InChI is InChI=1S/C13H18N2O4S/c1-13(2,3)19-12(18)15-5-8(9(6-15)11(16)17)10-4-14-7-20-10/h4,7-9H,5-6H2,1-3H3,(H,16,17). The van der Waals surface area contributed by atoms with Gasteiger partial charge in [-0.05, 0) is 20.8 Å². The fraction of sp³-hybridized carbons (Fsp3) is 0.615. The summed E-state index contributed by atoms with van der Waals surface area (Å²) in [4.78, 5) is 29.7. The minimum atomic E-state index is -0.894. The summed E-state index contributed by atoms with van der Waals surface area (Å²) < 4.78 is 5.30. The van der Waals surface area contributed by atoms with Crippen LogP contribution >= 0.6 is 11.3 Å². The Balaban J connectivity index is 2.12. The highest BCUT2D eigenvalue weighted by atomic mass is 32.1. The molecule has 2 heterocycles. The zero-order valence-corrected chi connectivity index (χ0v) is 12.5. The minimum absolute atomic E-state index is 0.173. The molecular formula is C13H18N2O4S. The van der Waals surface area contributed by atoms with E-state index in [1.165, 1.54) is 16.2 Å². The Morgan fingerprint density at radius 2 is 2.15 bits per heavy atom. The monoisotopic (exact) mass is 298 g/mol. The van der Waals surface area contributed by atoms with Crippen LogP contribution in [0.3, 0.4) is 0 Å². The van der Waals surface area contributed by atoms with Crippen LogP contribution in [0.5, 0.6) is 0 Å². The first-order valence-corrected chi connectivity index (χ1v) is 7.25. The quantitative estimate of drug-likeness (QED) is 0.905. The van der Waals surface area contributed by atoms with Crippen LogP contribution in [0.1, 0.15) is 31.6 Å². The van der Waals surface area contributed by atoms with Crippen LogP contribution in [0.4, 0.5) is 4.79 Å². The van der Waals surface area contributed by atoms with Crippen molar-refractivity contribution in [2.75, 3.05) is 13.1 Å². The molecule has 110 valence electrons. The Bertz CT molecular complexity index is 495. The van der Waals surface area contributed by atoms with Gasteiger partial charge in [0.2, 0.25) is 0 Å². The van der Waals surface area contributed by atoms with E-state index in [0.717, 1.165) is 4.88 Å². The molecule has 1 aliphatic heterocycles. The number of carbonyl (C=O) groups is 2. The summed E-state index contributed by atoms with van der Waals surface area (Å²) in [6, 6.07) is 0. The van der Waals surface area contributed by atoms with Crippen molar-refractivity contribution in [3.8, 4) is 0 Å². The van der Waals surface area contributed by atoms with Crippen molar-refractivity contribution in [2.24, 2.45) is 5.92 Å². The second-order valence-corrected chi connectivity index (χ2v) is 6.76. The highest BCUT2D eigenvalue weighted by Crippen LogP contribution is 2.35. The molecule has 1 amide bonds. The molecule has 1 aromatic heterocycles. The molecule has 7 heteroatoms. The van der Waals surface area contributed by atoms with Crippen molar-refractivity contribution in [3.63, 3.8) is 0 Å². The molecule has 2 atom stereocenters. The number of carboxylic acid groups (broad SMARTS) is 1. The zero-order valence-electron chi connectivity index (χ0n) is 11.7. The molecule has 1 aliphatic rings. The van der Waals surface area contributed by atoms with E-state index in [-0.39, 0.29) is 12.5 Å². The summed E-state index contributed by atoms with van der Waals surface area (Å²) in [5.74, 6) is -1.72. The van der Waals surface area contributed by atoms with Crippen molar-refractivity contribution in [3.05, 3.63) is 16.6 Å². The van der Waals surface area contributed by atoms with Crippen LogP contribution in [0, 0.1) is 5.92 Å². The van der Waals surface area contributed by atoms with E-state index >= 15 is 0 Å². The van der Waals surface area contributed by atoms with Crippen molar-refractivity contribution in [1.29, 1.82) is 0 Å². The molecule has 1 N–H and O–H groups in total. The molecule has 20 heavy (non-hydrogen) atoms. The van der Waals surface area contributed by atoms with Gasteiger partial charge in [-0.15, -0.1) is 11.3 Å². The normalized spacial score (nSPS) is 22.9. The van der Waals surface area contributed by atoms with Gasteiger partial charge in [0.1, 0.15) is 5.60 Å². The van der Waals surface area contributed by atoms with Gasteiger partial charge in [0.05, 0.1) is 11.4 Å². The number of carboxylic acids is 1. The lowest BCUT2D eigenvalue weighted by atomic mass is 9.95. The number of likely N-dealkylation sites (tertiary alicyclic amines) is 1. The fourth-order valence-corrected chi connectivity index (χ4v) is 3.01. The highest BCUT2D eigenvalue weighted by molar-refractivity contribution is 7.09. The predicted molar refractivity (Wildman–Crippen MR) is 73.8 cm³/mol. The second kappa shape index (κ2) is 5.40. The van der Waals surface area contributed by atoms with Crippen LogP contribution in [-0.2, 0) is 9.53 Å². The summed E-state index contributed by atoms with van der Waals surface area (Å²) in [6.45, 7) is 5.89. The number of rotatable bonds is 2. The Labute approximate surface area is 121 Å². The second-order valence-electron chi connectivity index (χ2n) is 5.84. The molecule has 0 aromatic carbocycles. The highest BCUT2D eigenvalue weighted by Gasteiger charge is 2.42. The van der Waals surface area contributed by atoms with E-state index in [0.29, 0.717) is 6.54 Å². The van der Waals surface area contributed by atoms with Gasteiger partial charge in [-0.3, -0.25) is 9.78 Å². The Hall–Kier alpha value is -1.63. The minimum Gasteiger partial charge on any atom is -0.481 e. The van der Waals surface area contributed by atoms with Gasteiger partial charge in [-0.25, -0.2) is 4.79 Å². The molecule has 2 unspecified atom stereocenters. The number of amides is 1. The largest absolute Gasteiger partial charge is 0.481 e. The summed E-state index contributed by atoms with van der Waals surface area (Å²) in [6.07, 6.45) is 1.21. The number of nitrogens with zero attached hydrogens (tertiary/aromatic N) is 2. The topological polar surface area (TPSA) is 79.7 Å². The van der Waals surface area contributed by atoms with Gasteiger partial charge in [0.15, 0.2) is 0 Å². The van der Waals surface area contributed by atoms with Crippen LogP contribution in [0.15, 0.2) is 11.7 Å². The Morgan fingerprint density at radius 3 is 2.65 bits per heavy atom. The molecular weight excluding hydrogens is 280 g/mol. The number of hydrogen-bond donors (Lipinski definition) is 1. The van der Waals surface area contributed by atoms with Gasteiger partial charge in [0.25, 0.3) is 0 Å². The third-order valence-corrected chi connectivity index (χ3v) is 4.01. The number of thiazole rings is 1. The number of aliphatic carboxylic acids is 1. The van der Waals surface area contributed by atoms with Crippen molar-refractivity contribution < 1.29 is 19.4 Å². The predicted octanol–water partition coefficient (Wildman–Crippen LogP) is 2.18. The van der Waals surface area contributed by atoms with Crippen LogP contribution in [-0.4, -0.2) is 45.7 Å². The van der Waals surface area contributed by atoms with Crippen molar-refractivity contribution in [2.45, 2.75) is 32.3 Å². The summed E-state index contributed by atoms with van der Waals surface area (Å²) >= 11 is 1.42. The third kappa shape index (κ3) is 3.27. The summed E-state index contributed by atoms with van der Waals surface area (Å²) in [5, 5.41) is 9.32. The van der Waals surface area contributed by atoms with Crippen LogP contribution in [0.25, 0.3) is 0 Å². The van der Waals surface area contributed by atoms with E-state index < -0.39 is 23.6 Å². The fourth-order valence-electron chi connectivity index (χ4n) is 2.23. The van der Waals surface area contributed by atoms with E-state index in [4.69, 9.17) is 4.74 Å². The zero-order chi connectivity index (χ0) is 14.9. The Morgan fingerprint density at radius 1 is 1.45 bits per heavy atom.